The van der Waals surface area contributed by atoms with Crippen molar-refractivity contribution in [1.82, 2.24) is 15.0 Å². The zero-order valence-electron chi connectivity index (χ0n) is 19.4. The number of benzene rings is 4. The second-order valence-electron chi connectivity index (χ2n) is 8.50. The van der Waals surface area contributed by atoms with Crippen LogP contribution in [0.1, 0.15) is 10.4 Å². The maximum absolute atomic E-state index is 14.1. The first-order valence-corrected chi connectivity index (χ1v) is 13.0. The molecule has 2 aromatic heterocycles. The number of hydrogen-bond acceptors (Lipinski definition) is 5. The van der Waals surface area contributed by atoms with E-state index >= 15 is 0 Å². The molecule has 0 aliphatic heterocycles. The number of aromatic nitrogens is 3. The lowest BCUT2D eigenvalue weighted by atomic mass is 10.0. The van der Waals surface area contributed by atoms with Crippen LogP contribution in [-0.2, 0) is 10.0 Å². The van der Waals surface area contributed by atoms with Gasteiger partial charge in [0.05, 0.1) is 16.1 Å². The van der Waals surface area contributed by atoms with E-state index in [0.717, 1.165) is 28.3 Å². The molecular formula is C29H20N4O3S. The maximum atomic E-state index is 14.1. The van der Waals surface area contributed by atoms with Gasteiger partial charge in [0.1, 0.15) is 12.6 Å². The molecule has 37 heavy (non-hydrogen) atoms. The molecule has 0 unspecified atom stereocenters. The highest BCUT2D eigenvalue weighted by molar-refractivity contribution is 7.93. The molecule has 180 valence electrons. The summed E-state index contributed by atoms with van der Waals surface area (Å²) < 4.78 is 29.5. The van der Waals surface area contributed by atoms with Crippen LogP contribution in [0, 0.1) is 0 Å². The van der Waals surface area contributed by atoms with Crippen molar-refractivity contribution in [2.45, 2.75) is 4.90 Å². The molecule has 0 bridgehead atoms. The number of anilines is 2. The Morgan fingerprint density at radius 3 is 2.35 bits per heavy atom. The quantitative estimate of drug-likeness (QED) is 0.276. The first-order valence-electron chi connectivity index (χ1n) is 11.5. The second kappa shape index (κ2) is 9.00. The number of hydrogen-bond donors (Lipinski definition) is 1. The molecule has 0 aliphatic rings. The topological polar surface area (TPSA) is 96.0 Å². The number of nitrogens with zero attached hydrogens (tertiary/aromatic N) is 3. The minimum absolute atomic E-state index is 0.150. The van der Waals surface area contributed by atoms with Crippen molar-refractivity contribution in [3.8, 4) is 11.1 Å². The largest absolute Gasteiger partial charge is 0.361 e. The van der Waals surface area contributed by atoms with Gasteiger partial charge in [-0.15, -0.1) is 0 Å². The summed E-state index contributed by atoms with van der Waals surface area (Å²) in [5.41, 5.74) is 4.27. The van der Waals surface area contributed by atoms with Gasteiger partial charge in [0, 0.05) is 28.0 Å². The fourth-order valence-electron chi connectivity index (χ4n) is 4.38. The Hall–Kier alpha value is -4.82. The number of rotatable bonds is 6. The minimum Gasteiger partial charge on any atom is -0.361 e. The Morgan fingerprint density at radius 2 is 1.57 bits per heavy atom. The molecule has 0 amide bonds. The molecule has 6 aromatic rings. The van der Waals surface area contributed by atoms with Crippen LogP contribution in [0.15, 0.2) is 114 Å². The molecule has 8 heteroatoms. The zero-order valence-corrected chi connectivity index (χ0v) is 20.3. The summed E-state index contributed by atoms with van der Waals surface area (Å²) in [6.07, 6.45) is 3.98. The fourth-order valence-corrected chi connectivity index (χ4v) is 5.85. The van der Waals surface area contributed by atoms with E-state index in [0.29, 0.717) is 22.2 Å². The molecule has 7 nitrogen and oxygen atoms in total. The van der Waals surface area contributed by atoms with E-state index in [1.807, 2.05) is 54.7 Å². The molecular weight excluding hydrogens is 484 g/mol. The average molecular weight is 505 g/mol. The smallest absolute Gasteiger partial charge is 0.269 e. The van der Waals surface area contributed by atoms with E-state index < -0.39 is 10.0 Å². The van der Waals surface area contributed by atoms with Gasteiger partial charge in [-0.3, -0.25) is 4.79 Å². The molecule has 0 radical (unpaired) electrons. The third-order valence-corrected chi connectivity index (χ3v) is 7.97. The number of sulfonamides is 1. The van der Waals surface area contributed by atoms with Gasteiger partial charge >= 0.3 is 0 Å². The maximum Gasteiger partial charge on any atom is 0.269 e. The molecule has 1 N–H and O–H groups in total. The summed E-state index contributed by atoms with van der Waals surface area (Å²) in [6.45, 7) is 0. The van der Waals surface area contributed by atoms with Crippen LogP contribution in [0.3, 0.4) is 0 Å². The van der Waals surface area contributed by atoms with Crippen molar-refractivity contribution in [2.24, 2.45) is 0 Å². The van der Waals surface area contributed by atoms with E-state index in [-0.39, 0.29) is 10.7 Å². The van der Waals surface area contributed by atoms with Crippen LogP contribution in [0.2, 0.25) is 0 Å². The molecule has 0 fully saturated rings. The van der Waals surface area contributed by atoms with Gasteiger partial charge in [0.15, 0.2) is 5.82 Å². The lowest BCUT2D eigenvalue weighted by Crippen LogP contribution is -2.27. The fraction of sp³-hybridized carbons (Fsp3) is 0. The average Bonchev–Trinajstić information content (AvgIpc) is 3.42. The summed E-state index contributed by atoms with van der Waals surface area (Å²) in [4.78, 5) is 23.3. The van der Waals surface area contributed by atoms with E-state index in [4.69, 9.17) is 0 Å². The van der Waals surface area contributed by atoms with Crippen LogP contribution in [0.4, 0.5) is 11.5 Å². The number of H-pyrrole nitrogens is 1. The van der Waals surface area contributed by atoms with E-state index in [9.17, 15) is 13.2 Å². The Bertz CT molecular complexity index is 1870. The third-order valence-electron chi connectivity index (χ3n) is 6.24. The van der Waals surface area contributed by atoms with E-state index in [2.05, 4.69) is 15.0 Å². The summed E-state index contributed by atoms with van der Waals surface area (Å²) in [5, 5.41) is 1.45. The van der Waals surface area contributed by atoms with Gasteiger partial charge in [-0.05, 0) is 59.7 Å². The van der Waals surface area contributed by atoms with Crippen molar-refractivity contribution in [3.63, 3.8) is 0 Å². The molecule has 0 spiro atoms. The SMILES string of the molecule is O=Cc1ccc(-c2ccc3ncnc(N(c4ccc5[nH]ccc5c4)S(=O)(=O)c4ccccc4)c3c2)cc1. The van der Waals surface area contributed by atoms with Crippen LogP contribution >= 0.6 is 0 Å². The van der Waals surface area contributed by atoms with Crippen molar-refractivity contribution >= 4 is 49.6 Å². The lowest BCUT2D eigenvalue weighted by molar-refractivity contribution is 0.112. The van der Waals surface area contributed by atoms with Crippen LogP contribution in [-0.4, -0.2) is 29.7 Å². The lowest BCUT2D eigenvalue weighted by Gasteiger charge is -2.25. The Morgan fingerprint density at radius 1 is 0.784 bits per heavy atom. The van der Waals surface area contributed by atoms with E-state index in [1.165, 1.54) is 10.6 Å². The molecule has 2 heterocycles. The number of carbonyl (C=O) groups excluding carboxylic acids is 1. The molecule has 4 aromatic carbocycles. The van der Waals surface area contributed by atoms with Gasteiger partial charge in [-0.1, -0.05) is 48.5 Å². The monoisotopic (exact) mass is 504 g/mol. The zero-order chi connectivity index (χ0) is 25.4. The normalized spacial score (nSPS) is 11.6. The van der Waals surface area contributed by atoms with E-state index in [1.54, 1.807) is 48.5 Å². The van der Waals surface area contributed by atoms with Crippen molar-refractivity contribution in [1.29, 1.82) is 0 Å². The van der Waals surface area contributed by atoms with Crippen molar-refractivity contribution < 1.29 is 13.2 Å². The molecule has 0 saturated carbocycles. The Balaban J connectivity index is 1.60. The number of aldehydes is 1. The van der Waals surface area contributed by atoms with Crippen LogP contribution in [0.5, 0.6) is 0 Å². The van der Waals surface area contributed by atoms with Crippen molar-refractivity contribution in [2.75, 3.05) is 4.31 Å². The number of nitrogens with one attached hydrogen (secondary N) is 1. The van der Waals surface area contributed by atoms with Crippen LogP contribution in [0.25, 0.3) is 32.9 Å². The first-order chi connectivity index (χ1) is 18.0. The minimum atomic E-state index is -4.04. The van der Waals surface area contributed by atoms with Gasteiger partial charge in [-0.2, -0.15) is 0 Å². The number of aromatic amines is 1. The summed E-state index contributed by atoms with van der Waals surface area (Å²) in [6, 6.07) is 28.5. The molecule has 0 atom stereocenters. The number of carbonyl (C=O) groups is 1. The Labute approximate surface area is 213 Å². The van der Waals surface area contributed by atoms with Crippen molar-refractivity contribution in [3.05, 3.63) is 115 Å². The third kappa shape index (κ3) is 4.03. The first kappa shape index (κ1) is 22.6. The van der Waals surface area contributed by atoms with Gasteiger partial charge in [-0.25, -0.2) is 22.7 Å². The van der Waals surface area contributed by atoms with Gasteiger partial charge in [0.2, 0.25) is 0 Å². The van der Waals surface area contributed by atoms with Crippen LogP contribution < -0.4 is 4.31 Å². The molecule has 6 rings (SSSR count). The summed E-state index contributed by atoms with van der Waals surface area (Å²) >= 11 is 0. The molecule has 0 saturated heterocycles. The Kier molecular flexibility index (Phi) is 5.50. The highest BCUT2D eigenvalue weighted by Crippen LogP contribution is 2.37. The highest BCUT2D eigenvalue weighted by atomic mass is 32.2. The van der Waals surface area contributed by atoms with Gasteiger partial charge < -0.3 is 4.98 Å². The summed E-state index contributed by atoms with van der Waals surface area (Å²) in [5.74, 6) is 0.245. The standard InChI is InChI=1S/C29H20N4O3S/c34-18-20-6-8-21(9-7-20)22-10-12-28-26(17-22)29(32-19-31-28)33(37(35,36)25-4-2-1-3-5-25)24-11-13-27-23(16-24)14-15-30-27/h1-19,30H. The summed E-state index contributed by atoms with van der Waals surface area (Å²) in [7, 11) is -4.04. The predicted octanol–water partition coefficient (Wildman–Crippen LogP) is 6.12. The second-order valence-corrected chi connectivity index (χ2v) is 10.3. The highest BCUT2D eigenvalue weighted by Gasteiger charge is 2.29. The predicted molar refractivity (Wildman–Crippen MR) is 144 cm³/mol. The van der Waals surface area contributed by atoms with Gasteiger partial charge in [0.25, 0.3) is 10.0 Å². The molecule has 0 aliphatic carbocycles. The number of fused-ring (bicyclic) bond motifs is 2.